The van der Waals surface area contributed by atoms with Crippen molar-refractivity contribution in [3.63, 3.8) is 0 Å². The third-order valence-electron chi connectivity index (χ3n) is 14.5. The van der Waals surface area contributed by atoms with Gasteiger partial charge in [0.15, 0.2) is 12.6 Å². The topological polar surface area (TPSA) is 228 Å². The number of carbonyl (C=O) groups excluding carboxylic acids is 1. The van der Waals surface area contributed by atoms with Crippen LogP contribution in [0.2, 0.25) is 0 Å². The van der Waals surface area contributed by atoms with Crippen molar-refractivity contribution < 1.29 is 64.6 Å². The van der Waals surface area contributed by atoms with Crippen molar-refractivity contribution in [1.29, 1.82) is 0 Å². The lowest BCUT2D eigenvalue weighted by Crippen LogP contribution is -2.65. The molecule has 2 rings (SSSR count). The summed E-state index contributed by atoms with van der Waals surface area (Å²) >= 11 is 0. The Labute approximate surface area is 448 Å². The number of ether oxygens (including phenoxy) is 4. The van der Waals surface area contributed by atoms with Gasteiger partial charge in [0.25, 0.3) is 0 Å². The number of carbonyl (C=O) groups is 1. The molecule has 2 saturated heterocycles. The maximum absolute atomic E-state index is 13.2. The summed E-state index contributed by atoms with van der Waals surface area (Å²) in [5.74, 6) is -0.263. The van der Waals surface area contributed by atoms with E-state index in [-0.39, 0.29) is 18.9 Å². The van der Waals surface area contributed by atoms with Gasteiger partial charge in [-0.25, -0.2) is 0 Å². The smallest absolute Gasteiger partial charge is 0.220 e. The van der Waals surface area contributed by atoms with Crippen LogP contribution in [0.4, 0.5) is 0 Å². The Bertz CT molecular complexity index is 1430. The number of nitrogens with one attached hydrogen (secondary N) is 1. The lowest BCUT2D eigenvalue weighted by atomic mass is 9.97. The number of allylic oxidation sites excluding steroid dienone is 7. The highest BCUT2D eigenvalue weighted by Gasteiger charge is 2.51. The summed E-state index contributed by atoms with van der Waals surface area (Å²) in [6.07, 6.45) is 40.2. The van der Waals surface area contributed by atoms with Crippen molar-refractivity contribution in [2.24, 2.45) is 0 Å². The molecule has 9 N–H and O–H groups in total. The van der Waals surface area contributed by atoms with E-state index >= 15 is 0 Å². The fourth-order valence-corrected chi connectivity index (χ4v) is 9.63. The summed E-state index contributed by atoms with van der Waals surface area (Å²) in [6.45, 7) is 2.75. The fraction of sp³-hybridized carbons (Fsp3) is 0.850. The molecule has 0 aromatic rings. The number of hydrogen-bond acceptors (Lipinski definition) is 13. The van der Waals surface area contributed by atoms with E-state index in [9.17, 15) is 45.6 Å². The van der Waals surface area contributed by atoms with E-state index in [1.54, 1.807) is 6.08 Å². The first-order valence-corrected chi connectivity index (χ1v) is 29.9. The van der Waals surface area contributed by atoms with Crippen LogP contribution in [0.1, 0.15) is 232 Å². The predicted molar refractivity (Wildman–Crippen MR) is 295 cm³/mol. The highest BCUT2D eigenvalue weighted by atomic mass is 16.7. The van der Waals surface area contributed by atoms with Crippen LogP contribution < -0.4 is 5.32 Å². The van der Waals surface area contributed by atoms with Crippen molar-refractivity contribution in [3.05, 3.63) is 48.6 Å². The normalized spacial score (nSPS) is 25.5. The standard InChI is InChI=1S/C60H109NO13/c1-3-5-7-9-11-13-15-17-19-20-21-22-23-24-25-26-27-28-30-31-33-35-37-39-41-43-49(64)48(61-52(65)44-42-40-38-36-34-32-29-18-16-14-12-10-8-6-4-2)47-71-59-57(70)55(68)58(51(46-63)73-59)74-60-56(69)54(67)53(66)50(45-62)72-60/h12,14,18,29,33,35,41,43,48-51,53-60,62-64,66-70H,3-11,13,15-17,19-28,30-32,34,36-40,42,44-47H2,1-2H3,(H,61,65)/b14-12-,29-18-,35-33+,43-41+. The van der Waals surface area contributed by atoms with Crippen molar-refractivity contribution >= 4 is 5.91 Å². The molecule has 0 spiro atoms. The molecule has 12 unspecified atom stereocenters. The number of aliphatic hydroxyl groups excluding tert-OH is 8. The molecular weight excluding hydrogens is 943 g/mol. The molecule has 74 heavy (non-hydrogen) atoms. The van der Waals surface area contributed by atoms with E-state index < -0.39 is 86.8 Å². The van der Waals surface area contributed by atoms with Crippen molar-refractivity contribution in [1.82, 2.24) is 5.32 Å². The number of unbranched alkanes of at least 4 members (excludes halogenated alkanes) is 28. The van der Waals surface area contributed by atoms with E-state index in [0.29, 0.717) is 12.8 Å². The summed E-state index contributed by atoms with van der Waals surface area (Å²) in [5, 5.41) is 87.0. The first-order chi connectivity index (χ1) is 36.1. The zero-order chi connectivity index (χ0) is 53.9. The molecule has 12 atom stereocenters. The van der Waals surface area contributed by atoms with Gasteiger partial charge in [0.2, 0.25) is 5.91 Å². The molecule has 432 valence electrons. The van der Waals surface area contributed by atoms with Gasteiger partial charge in [0.05, 0.1) is 32.0 Å². The molecule has 2 fully saturated rings. The Morgan fingerprint density at radius 1 is 0.486 bits per heavy atom. The van der Waals surface area contributed by atoms with Gasteiger partial charge in [-0.05, 0) is 64.2 Å². The fourth-order valence-electron chi connectivity index (χ4n) is 9.63. The van der Waals surface area contributed by atoms with Crippen LogP contribution in [-0.2, 0) is 23.7 Å². The van der Waals surface area contributed by atoms with Crippen LogP contribution in [0.15, 0.2) is 48.6 Å². The molecule has 0 bridgehead atoms. The van der Waals surface area contributed by atoms with Gasteiger partial charge in [-0.3, -0.25) is 4.79 Å². The van der Waals surface area contributed by atoms with Crippen LogP contribution in [-0.4, -0.2) is 140 Å². The summed E-state index contributed by atoms with van der Waals surface area (Å²) in [4.78, 5) is 13.2. The van der Waals surface area contributed by atoms with Crippen LogP contribution in [0.3, 0.4) is 0 Å². The molecule has 2 heterocycles. The van der Waals surface area contributed by atoms with Crippen molar-refractivity contribution in [3.8, 4) is 0 Å². The minimum absolute atomic E-state index is 0.257. The highest BCUT2D eigenvalue weighted by Crippen LogP contribution is 2.30. The van der Waals surface area contributed by atoms with Crippen LogP contribution in [0, 0.1) is 0 Å². The summed E-state index contributed by atoms with van der Waals surface area (Å²) in [6, 6.07) is -0.940. The molecule has 0 radical (unpaired) electrons. The van der Waals surface area contributed by atoms with Gasteiger partial charge in [0, 0.05) is 6.42 Å². The Morgan fingerprint density at radius 2 is 0.905 bits per heavy atom. The Hall–Kier alpha value is -2.05. The van der Waals surface area contributed by atoms with Crippen LogP contribution in [0.25, 0.3) is 0 Å². The van der Waals surface area contributed by atoms with E-state index in [0.717, 1.165) is 57.8 Å². The predicted octanol–water partition coefficient (Wildman–Crippen LogP) is 10.0. The van der Waals surface area contributed by atoms with Gasteiger partial charge in [0.1, 0.15) is 48.8 Å². The van der Waals surface area contributed by atoms with E-state index in [4.69, 9.17) is 18.9 Å². The van der Waals surface area contributed by atoms with Gasteiger partial charge in [-0.2, -0.15) is 0 Å². The van der Waals surface area contributed by atoms with Gasteiger partial charge < -0.3 is 65.1 Å². The van der Waals surface area contributed by atoms with Gasteiger partial charge in [-0.1, -0.05) is 210 Å². The molecule has 0 aromatic carbocycles. The maximum Gasteiger partial charge on any atom is 0.220 e. The van der Waals surface area contributed by atoms with E-state index in [1.807, 2.05) is 6.08 Å². The molecule has 2 aliphatic heterocycles. The van der Waals surface area contributed by atoms with Crippen molar-refractivity contribution in [2.45, 2.75) is 306 Å². The minimum atomic E-state index is -1.79. The summed E-state index contributed by atoms with van der Waals surface area (Å²) in [5.41, 5.74) is 0. The number of amides is 1. The first-order valence-electron chi connectivity index (χ1n) is 29.9. The number of aliphatic hydroxyl groups is 8. The zero-order valence-corrected chi connectivity index (χ0v) is 46.3. The first kappa shape index (κ1) is 68.1. The Kier molecular flexibility index (Phi) is 42.2. The van der Waals surface area contributed by atoms with E-state index in [1.165, 1.54) is 141 Å². The lowest BCUT2D eigenvalue weighted by molar-refractivity contribution is -0.359. The van der Waals surface area contributed by atoms with Gasteiger partial charge >= 0.3 is 0 Å². The van der Waals surface area contributed by atoms with Crippen molar-refractivity contribution in [2.75, 3.05) is 19.8 Å². The molecule has 0 aliphatic carbocycles. The third-order valence-corrected chi connectivity index (χ3v) is 14.5. The molecule has 14 heteroatoms. The SMILES string of the molecule is CCCCC/C=C\C/C=C\CCCCCCCC(=O)NC(COC1OC(CO)C(OC2OC(CO)C(O)C(O)C2O)C(O)C1O)C(O)/C=C/CC/C=C/CCCCCCCCCCCCCCCCCCCCC. The second kappa shape index (κ2) is 45.9. The summed E-state index contributed by atoms with van der Waals surface area (Å²) < 4.78 is 22.7. The third kappa shape index (κ3) is 31.4. The monoisotopic (exact) mass is 1050 g/mol. The van der Waals surface area contributed by atoms with Gasteiger partial charge in [-0.15, -0.1) is 0 Å². The largest absolute Gasteiger partial charge is 0.394 e. The molecular formula is C60H109NO13. The lowest BCUT2D eigenvalue weighted by Gasteiger charge is -2.46. The number of hydrogen-bond donors (Lipinski definition) is 9. The quantitative estimate of drug-likeness (QED) is 0.0205. The number of rotatable bonds is 47. The maximum atomic E-state index is 13.2. The highest BCUT2D eigenvalue weighted by molar-refractivity contribution is 5.76. The molecule has 0 aromatic heterocycles. The zero-order valence-electron chi connectivity index (χ0n) is 46.3. The Morgan fingerprint density at radius 3 is 1.43 bits per heavy atom. The average molecular weight is 1050 g/mol. The summed E-state index contributed by atoms with van der Waals surface area (Å²) in [7, 11) is 0. The Balaban J connectivity index is 1.77. The van der Waals surface area contributed by atoms with Crippen LogP contribution in [0.5, 0.6) is 0 Å². The minimum Gasteiger partial charge on any atom is -0.394 e. The molecule has 1 amide bonds. The van der Waals surface area contributed by atoms with E-state index in [2.05, 4.69) is 55.6 Å². The van der Waals surface area contributed by atoms with Crippen LogP contribution >= 0.6 is 0 Å². The molecule has 0 saturated carbocycles. The average Bonchev–Trinajstić information content (AvgIpc) is 3.40. The molecule has 2 aliphatic rings. The second-order valence-corrected chi connectivity index (χ2v) is 21.1. The molecule has 14 nitrogen and oxygen atoms in total. The second-order valence-electron chi connectivity index (χ2n) is 21.1.